The first-order valence-corrected chi connectivity index (χ1v) is 8.25. The van der Waals surface area contributed by atoms with Crippen molar-refractivity contribution in [3.05, 3.63) is 47.7 Å². The third-order valence-corrected chi connectivity index (χ3v) is 5.31. The molecule has 1 fully saturated rings. The van der Waals surface area contributed by atoms with E-state index in [1.165, 1.54) is 5.57 Å². The number of hydrogen-bond acceptors (Lipinski definition) is 4. The number of carboxylic acid groups (broad SMARTS) is 1. The van der Waals surface area contributed by atoms with Crippen molar-refractivity contribution in [2.45, 2.75) is 5.25 Å². The SMILES string of the molecule is NS(=O)(=O)C(CN1CC2C=CC=C3C=CC=C1C32)C(=O)O. The number of carboxylic acids is 1. The summed E-state index contributed by atoms with van der Waals surface area (Å²) in [6.45, 7) is 0.479. The van der Waals surface area contributed by atoms with Crippen LogP contribution in [0.1, 0.15) is 0 Å². The van der Waals surface area contributed by atoms with E-state index >= 15 is 0 Å². The zero-order valence-electron chi connectivity index (χ0n) is 11.2. The molecule has 7 heteroatoms. The fourth-order valence-corrected chi connectivity index (χ4v) is 3.88. The van der Waals surface area contributed by atoms with Gasteiger partial charge in [0.15, 0.2) is 5.25 Å². The number of nitrogens with zero attached hydrogens (tertiary/aromatic N) is 1. The van der Waals surface area contributed by atoms with E-state index in [0.29, 0.717) is 6.54 Å². The summed E-state index contributed by atoms with van der Waals surface area (Å²) in [5.41, 5.74) is 2.14. The maximum absolute atomic E-state index is 11.5. The molecule has 6 nitrogen and oxygen atoms in total. The summed E-state index contributed by atoms with van der Waals surface area (Å²) in [6, 6.07) is 0. The van der Waals surface area contributed by atoms with Crippen LogP contribution in [-0.4, -0.2) is 42.7 Å². The first-order chi connectivity index (χ1) is 9.88. The zero-order valence-corrected chi connectivity index (χ0v) is 12.0. The molecule has 3 aliphatic rings. The van der Waals surface area contributed by atoms with Crippen LogP contribution in [0.5, 0.6) is 0 Å². The Morgan fingerprint density at radius 1 is 1.43 bits per heavy atom. The van der Waals surface area contributed by atoms with Gasteiger partial charge in [0.1, 0.15) is 0 Å². The van der Waals surface area contributed by atoms with E-state index in [0.717, 1.165) is 5.70 Å². The summed E-state index contributed by atoms with van der Waals surface area (Å²) in [7, 11) is -4.13. The minimum absolute atomic E-state index is 0.123. The van der Waals surface area contributed by atoms with Gasteiger partial charge >= 0.3 is 5.97 Å². The number of rotatable bonds is 4. The van der Waals surface area contributed by atoms with Crippen LogP contribution in [0.15, 0.2) is 47.7 Å². The Morgan fingerprint density at radius 3 is 2.86 bits per heavy atom. The fourth-order valence-electron chi connectivity index (χ4n) is 3.21. The highest BCUT2D eigenvalue weighted by Gasteiger charge is 2.42. The second-order valence-electron chi connectivity index (χ2n) is 5.46. The van der Waals surface area contributed by atoms with E-state index in [-0.39, 0.29) is 18.4 Å². The van der Waals surface area contributed by atoms with Crippen molar-refractivity contribution < 1.29 is 18.3 Å². The Bertz CT molecular complexity index is 702. The number of likely N-dealkylation sites (tertiary alicyclic amines) is 1. The van der Waals surface area contributed by atoms with Gasteiger partial charge in [-0.25, -0.2) is 13.6 Å². The van der Waals surface area contributed by atoms with Gasteiger partial charge in [0.05, 0.1) is 0 Å². The quantitative estimate of drug-likeness (QED) is 0.774. The Kier molecular flexibility index (Phi) is 3.26. The predicted octanol–water partition coefficient (Wildman–Crippen LogP) is 0.226. The van der Waals surface area contributed by atoms with Crippen LogP contribution in [0.25, 0.3) is 0 Å². The Balaban J connectivity index is 1.90. The molecule has 1 heterocycles. The van der Waals surface area contributed by atoms with Crippen LogP contribution >= 0.6 is 0 Å². The van der Waals surface area contributed by atoms with Crippen molar-refractivity contribution >= 4 is 16.0 Å². The first-order valence-electron chi connectivity index (χ1n) is 6.64. The fraction of sp³-hybridized carbons (Fsp3) is 0.357. The average Bonchev–Trinajstić information content (AvgIpc) is 2.75. The molecule has 3 N–H and O–H groups in total. The smallest absolute Gasteiger partial charge is 0.325 e. The third kappa shape index (κ3) is 2.43. The molecule has 0 aromatic carbocycles. The molecule has 1 aliphatic heterocycles. The van der Waals surface area contributed by atoms with Gasteiger partial charge in [-0.2, -0.15) is 0 Å². The predicted molar refractivity (Wildman–Crippen MR) is 77.5 cm³/mol. The van der Waals surface area contributed by atoms with Crippen LogP contribution < -0.4 is 5.14 Å². The molecule has 21 heavy (non-hydrogen) atoms. The van der Waals surface area contributed by atoms with E-state index in [4.69, 9.17) is 10.2 Å². The van der Waals surface area contributed by atoms with E-state index in [9.17, 15) is 13.2 Å². The van der Waals surface area contributed by atoms with E-state index < -0.39 is 21.2 Å². The van der Waals surface area contributed by atoms with Crippen molar-refractivity contribution in [3.63, 3.8) is 0 Å². The Labute approximate surface area is 123 Å². The van der Waals surface area contributed by atoms with Gasteiger partial charge in [0, 0.05) is 30.6 Å². The van der Waals surface area contributed by atoms with Crippen molar-refractivity contribution in [1.29, 1.82) is 0 Å². The number of carbonyl (C=O) groups is 1. The van der Waals surface area contributed by atoms with Crippen molar-refractivity contribution in [2.75, 3.05) is 13.1 Å². The molecule has 3 atom stereocenters. The highest BCUT2D eigenvalue weighted by molar-refractivity contribution is 7.90. The first kappa shape index (κ1) is 14.1. The summed E-state index contributed by atoms with van der Waals surface area (Å²) >= 11 is 0. The average molecular weight is 308 g/mol. The van der Waals surface area contributed by atoms with E-state index in [1.807, 2.05) is 35.3 Å². The summed E-state index contributed by atoms with van der Waals surface area (Å²) in [5, 5.41) is 12.5. The van der Waals surface area contributed by atoms with Gasteiger partial charge < -0.3 is 10.0 Å². The summed E-state index contributed by atoms with van der Waals surface area (Å²) < 4.78 is 22.9. The second-order valence-corrected chi connectivity index (χ2v) is 7.21. The monoisotopic (exact) mass is 308 g/mol. The highest BCUT2D eigenvalue weighted by atomic mass is 32.2. The number of sulfonamides is 1. The summed E-state index contributed by atoms with van der Waals surface area (Å²) in [6.07, 6.45) is 11.9. The molecule has 2 aliphatic carbocycles. The number of aliphatic carboxylic acids is 1. The van der Waals surface area contributed by atoms with Gasteiger partial charge in [-0.15, -0.1) is 0 Å². The standard InChI is InChI=1S/C14H16N2O4S/c15-21(19,20)12(14(17)18)8-16-7-10-5-1-3-9-4-2-6-11(16)13(9)10/h1-6,10,12-13H,7-8H2,(H,17,18)(H2,15,19,20). The second kappa shape index (κ2) is 4.85. The topological polar surface area (TPSA) is 101 Å². The van der Waals surface area contributed by atoms with Crippen LogP contribution in [0, 0.1) is 11.8 Å². The minimum atomic E-state index is -4.13. The molecule has 0 aromatic heterocycles. The molecule has 3 unspecified atom stereocenters. The lowest BCUT2D eigenvalue weighted by atomic mass is 9.81. The van der Waals surface area contributed by atoms with Crippen molar-refractivity contribution in [1.82, 2.24) is 4.90 Å². The van der Waals surface area contributed by atoms with Crippen molar-refractivity contribution in [3.8, 4) is 0 Å². The van der Waals surface area contributed by atoms with Crippen LogP contribution in [0.3, 0.4) is 0 Å². The maximum atomic E-state index is 11.5. The number of nitrogens with two attached hydrogens (primary N) is 1. The molecular formula is C14H16N2O4S. The zero-order chi connectivity index (χ0) is 15.2. The molecule has 0 aromatic rings. The molecule has 0 spiro atoms. The van der Waals surface area contributed by atoms with Gasteiger partial charge in [0.25, 0.3) is 0 Å². The van der Waals surface area contributed by atoms with Crippen LogP contribution in [-0.2, 0) is 14.8 Å². The van der Waals surface area contributed by atoms with Gasteiger partial charge in [-0.05, 0) is 11.6 Å². The van der Waals surface area contributed by atoms with Gasteiger partial charge in [-0.3, -0.25) is 4.79 Å². The number of hydrogen-bond donors (Lipinski definition) is 2. The lowest BCUT2D eigenvalue weighted by Crippen LogP contribution is -2.44. The lowest BCUT2D eigenvalue weighted by Gasteiger charge is -2.27. The molecule has 0 saturated carbocycles. The maximum Gasteiger partial charge on any atom is 0.325 e. The summed E-state index contributed by atoms with van der Waals surface area (Å²) in [5.74, 6) is -0.975. The summed E-state index contributed by atoms with van der Waals surface area (Å²) in [4.78, 5) is 13.0. The Morgan fingerprint density at radius 2 is 2.19 bits per heavy atom. The van der Waals surface area contributed by atoms with Crippen molar-refractivity contribution in [2.24, 2.45) is 17.0 Å². The van der Waals surface area contributed by atoms with Gasteiger partial charge in [0.2, 0.25) is 10.0 Å². The largest absolute Gasteiger partial charge is 0.480 e. The lowest BCUT2D eigenvalue weighted by molar-refractivity contribution is -0.136. The molecule has 1 saturated heterocycles. The molecule has 112 valence electrons. The molecular weight excluding hydrogens is 292 g/mol. The van der Waals surface area contributed by atoms with E-state index in [1.54, 1.807) is 0 Å². The van der Waals surface area contributed by atoms with Crippen LogP contribution in [0.4, 0.5) is 0 Å². The molecule has 0 bridgehead atoms. The van der Waals surface area contributed by atoms with Crippen LogP contribution in [0.2, 0.25) is 0 Å². The van der Waals surface area contributed by atoms with E-state index in [2.05, 4.69) is 6.08 Å². The number of allylic oxidation sites excluding steroid dienone is 6. The molecule has 0 radical (unpaired) electrons. The third-order valence-electron chi connectivity index (χ3n) is 4.16. The normalized spacial score (nSPS) is 28.0. The Hall–Kier alpha value is -1.86. The highest BCUT2D eigenvalue weighted by Crippen LogP contribution is 2.43. The molecule has 3 rings (SSSR count). The number of primary sulfonamides is 1. The minimum Gasteiger partial charge on any atom is -0.480 e. The molecule has 0 amide bonds. The van der Waals surface area contributed by atoms with Gasteiger partial charge in [-0.1, -0.05) is 30.4 Å².